The van der Waals surface area contributed by atoms with Crippen LogP contribution in [0.1, 0.15) is 29.9 Å². The van der Waals surface area contributed by atoms with Crippen molar-refractivity contribution in [1.82, 2.24) is 14.8 Å². The molecular formula is C19H18BrN5O2. The fourth-order valence-electron chi connectivity index (χ4n) is 3.20. The lowest BCUT2D eigenvalue weighted by molar-refractivity contribution is -0.113. The average molecular weight is 428 g/mol. The highest BCUT2D eigenvalue weighted by Crippen LogP contribution is 2.36. The summed E-state index contributed by atoms with van der Waals surface area (Å²) in [6, 6.07) is 8.94. The Morgan fingerprint density at radius 1 is 1.26 bits per heavy atom. The second-order valence-electron chi connectivity index (χ2n) is 6.44. The standard InChI is InChI=1S/C19H18BrN5O2/c1-10-5-4-6-13(11(10)2)24-18(26)16-12(3)23-19-21-9-22-25(19)17(16)14-7-8-15(20)27-14/h4-9,17H,1-3H3,(H,24,26)(H,21,22,23). The molecule has 4 rings (SSSR count). The van der Waals surface area contributed by atoms with Crippen molar-refractivity contribution in [2.24, 2.45) is 0 Å². The van der Waals surface area contributed by atoms with E-state index in [2.05, 4.69) is 36.6 Å². The van der Waals surface area contributed by atoms with Crippen molar-refractivity contribution in [2.45, 2.75) is 26.8 Å². The molecule has 8 heteroatoms. The largest absolute Gasteiger partial charge is 0.452 e. The van der Waals surface area contributed by atoms with Crippen molar-refractivity contribution >= 4 is 33.5 Å². The molecule has 0 saturated heterocycles. The van der Waals surface area contributed by atoms with Crippen LogP contribution < -0.4 is 10.6 Å². The number of amides is 1. The number of benzene rings is 1. The van der Waals surface area contributed by atoms with Crippen LogP contribution in [0.25, 0.3) is 0 Å². The molecule has 1 aliphatic rings. The molecule has 0 spiro atoms. The molecule has 0 bridgehead atoms. The van der Waals surface area contributed by atoms with Crippen LogP contribution in [0, 0.1) is 13.8 Å². The number of hydrogen-bond donors (Lipinski definition) is 2. The Bertz CT molecular complexity index is 1070. The van der Waals surface area contributed by atoms with Crippen LogP contribution in [0.2, 0.25) is 0 Å². The molecule has 0 aliphatic carbocycles. The summed E-state index contributed by atoms with van der Waals surface area (Å²) >= 11 is 3.33. The number of aryl methyl sites for hydroxylation is 1. The first-order valence-corrected chi connectivity index (χ1v) is 9.25. The topological polar surface area (TPSA) is 85.0 Å². The van der Waals surface area contributed by atoms with Gasteiger partial charge in [-0.05, 0) is 66.0 Å². The van der Waals surface area contributed by atoms with Gasteiger partial charge < -0.3 is 15.1 Å². The fourth-order valence-corrected chi connectivity index (χ4v) is 3.52. The quantitative estimate of drug-likeness (QED) is 0.654. The first kappa shape index (κ1) is 17.5. The number of halogens is 1. The van der Waals surface area contributed by atoms with Gasteiger partial charge >= 0.3 is 0 Å². The maximum absolute atomic E-state index is 13.2. The number of anilines is 2. The zero-order chi connectivity index (χ0) is 19.1. The molecule has 0 saturated carbocycles. The number of nitrogens with zero attached hydrogens (tertiary/aromatic N) is 3. The van der Waals surface area contributed by atoms with Crippen molar-refractivity contribution in [2.75, 3.05) is 10.6 Å². The number of nitrogens with one attached hydrogen (secondary N) is 2. The minimum Gasteiger partial charge on any atom is -0.452 e. The van der Waals surface area contributed by atoms with Gasteiger partial charge in [0.1, 0.15) is 18.1 Å². The maximum atomic E-state index is 13.2. The van der Waals surface area contributed by atoms with E-state index in [0.717, 1.165) is 16.8 Å². The number of aromatic nitrogens is 3. The van der Waals surface area contributed by atoms with Crippen molar-refractivity contribution in [3.05, 3.63) is 69.5 Å². The Hall–Kier alpha value is -2.87. The Labute approximate surface area is 164 Å². The lowest BCUT2D eigenvalue weighted by Crippen LogP contribution is -2.31. The lowest BCUT2D eigenvalue weighted by Gasteiger charge is -2.27. The molecule has 27 heavy (non-hydrogen) atoms. The van der Waals surface area contributed by atoms with Gasteiger partial charge in [-0.2, -0.15) is 10.1 Å². The monoisotopic (exact) mass is 427 g/mol. The van der Waals surface area contributed by atoms with Gasteiger partial charge in [-0.3, -0.25) is 4.79 Å². The summed E-state index contributed by atoms with van der Waals surface area (Å²) in [5.41, 5.74) is 4.16. The zero-order valence-electron chi connectivity index (χ0n) is 15.1. The summed E-state index contributed by atoms with van der Waals surface area (Å²) < 4.78 is 7.99. The van der Waals surface area contributed by atoms with Crippen molar-refractivity contribution in [3.8, 4) is 0 Å². The van der Waals surface area contributed by atoms with Gasteiger partial charge in [0.25, 0.3) is 5.91 Å². The summed E-state index contributed by atoms with van der Waals surface area (Å²) in [7, 11) is 0. The molecule has 7 nitrogen and oxygen atoms in total. The Kier molecular flexibility index (Phi) is 4.35. The van der Waals surface area contributed by atoms with Gasteiger partial charge in [-0.25, -0.2) is 4.68 Å². The summed E-state index contributed by atoms with van der Waals surface area (Å²) in [5, 5.41) is 10.5. The van der Waals surface area contributed by atoms with Crippen LogP contribution in [0.4, 0.5) is 11.6 Å². The SMILES string of the molecule is CC1=C(C(=O)Nc2cccc(C)c2C)C(c2ccc(Br)o2)n2ncnc2N1. The van der Waals surface area contributed by atoms with E-state index in [0.29, 0.717) is 27.6 Å². The fraction of sp³-hybridized carbons (Fsp3) is 0.211. The number of carbonyl (C=O) groups excluding carboxylic acids is 1. The van der Waals surface area contributed by atoms with E-state index in [4.69, 9.17) is 4.42 Å². The third-order valence-corrected chi connectivity index (χ3v) is 5.18. The minimum atomic E-state index is -0.514. The van der Waals surface area contributed by atoms with Crippen LogP contribution in [0.15, 0.2) is 57.0 Å². The molecule has 3 aromatic rings. The zero-order valence-corrected chi connectivity index (χ0v) is 16.7. The summed E-state index contributed by atoms with van der Waals surface area (Å²) in [4.78, 5) is 17.5. The van der Waals surface area contributed by atoms with Crippen molar-refractivity contribution in [3.63, 3.8) is 0 Å². The molecule has 0 radical (unpaired) electrons. The Balaban J connectivity index is 1.76. The normalized spacial score (nSPS) is 16.1. The Morgan fingerprint density at radius 3 is 2.81 bits per heavy atom. The second kappa shape index (κ2) is 6.70. The van der Waals surface area contributed by atoms with Gasteiger partial charge in [-0.1, -0.05) is 12.1 Å². The van der Waals surface area contributed by atoms with E-state index in [1.54, 1.807) is 10.7 Å². The van der Waals surface area contributed by atoms with Gasteiger partial charge in [-0.15, -0.1) is 0 Å². The minimum absolute atomic E-state index is 0.215. The molecule has 1 aromatic carbocycles. The van der Waals surface area contributed by atoms with E-state index >= 15 is 0 Å². The molecule has 2 N–H and O–H groups in total. The van der Waals surface area contributed by atoms with Crippen molar-refractivity contribution < 1.29 is 9.21 Å². The highest BCUT2D eigenvalue weighted by atomic mass is 79.9. The van der Waals surface area contributed by atoms with Crippen LogP contribution in [-0.4, -0.2) is 20.7 Å². The molecule has 2 aromatic heterocycles. The van der Waals surface area contributed by atoms with Gasteiger partial charge in [0.05, 0.1) is 5.57 Å². The highest BCUT2D eigenvalue weighted by Gasteiger charge is 2.35. The van der Waals surface area contributed by atoms with E-state index in [-0.39, 0.29) is 5.91 Å². The first-order valence-electron chi connectivity index (χ1n) is 8.46. The van der Waals surface area contributed by atoms with Gasteiger partial charge in [0.2, 0.25) is 5.95 Å². The molecule has 1 unspecified atom stereocenters. The number of furan rings is 1. The predicted molar refractivity (Wildman–Crippen MR) is 105 cm³/mol. The molecule has 1 amide bonds. The van der Waals surface area contributed by atoms with Crippen molar-refractivity contribution in [1.29, 1.82) is 0 Å². The smallest absolute Gasteiger partial charge is 0.256 e. The number of fused-ring (bicyclic) bond motifs is 1. The predicted octanol–water partition coefficient (Wildman–Crippen LogP) is 4.18. The number of allylic oxidation sites excluding steroid dienone is 1. The maximum Gasteiger partial charge on any atom is 0.256 e. The van der Waals surface area contributed by atoms with E-state index < -0.39 is 6.04 Å². The van der Waals surface area contributed by atoms with Gasteiger partial charge in [0.15, 0.2) is 4.67 Å². The summed E-state index contributed by atoms with van der Waals surface area (Å²) in [6.45, 7) is 5.85. The molecule has 0 fully saturated rings. The van der Waals surface area contributed by atoms with Crippen LogP contribution in [-0.2, 0) is 4.79 Å². The second-order valence-corrected chi connectivity index (χ2v) is 7.22. The molecule has 1 aliphatic heterocycles. The van der Waals surface area contributed by atoms with Crippen LogP contribution in [0.3, 0.4) is 0 Å². The van der Waals surface area contributed by atoms with Gasteiger partial charge in [0, 0.05) is 11.4 Å². The van der Waals surface area contributed by atoms with E-state index in [1.807, 2.05) is 45.0 Å². The summed E-state index contributed by atoms with van der Waals surface area (Å²) in [5.74, 6) is 0.946. The molecule has 138 valence electrons. The van der Waals surface area contributed by atoms with E-state index in [1.165, 1.54) is 6.33 Å². The third-order valence-electron chi connectivity index (χ3n) is 4.76. The molecule has 3 heterocycles. The highest BCUT2D eigenvalue weighted by molar-refractivity contribution is 9.10. The van der Waals surface area contributed by atoms with Crippen LogP contribution >= 0.6 is 15.9 Å². The number of carbonyl (C=O) groups is 1. The average Bonchev–Trinajstić information content (AvgIpc) is 3.26. The Morgan fingerprint density at radius 2 is 2.07 bits per heavy atom. The van der Waals surface area contributed by atoms with E-state index in [9.17, 15) is 4.79 Å². The number of hydrogen-bond acceptors (Lipinski definition) is 5. The lowest BCUT2D eigenvalue weighted by atomic mass is 9.99. The van der Waals surface area contributed by atoms with Crippen LogP contribution in [0.5, 0.6) is 0 Å². The molecule has 1 atom stereocenters. The molecular weight excluding hydrogens is 410 g/mol. The number of rotatable bonds is 3. The summed E-state index contributed by atoms with van der Waals surface area (Å²) in [6.07, 6.45) is 1.45. The first-order chi connectivity index (χ1) is 13.0. The third kappa shape index (κ3) is 3.06.